The van der Waals surface area contributed by atoms with E-state index in [9.17, 15) is 4.79 Å². The standard InChI is InChI=1S/C16H17N3O2S/c1-19-15(20)14-12(18-16(19)17-8-9-21-2)10-13(22-14)11-6-4-3-5-7-11/h3-7,10H,8-9H2,1-2H3,(H,17,18). The quantitative estimate of drug-likeness (QED) is 0.736. The minimum Gasteiger partial charge on any atom is -0.383 e. The van der Waals surface area contributed by atoms with Crippen molar-refractivity contribution in [1.29, 1.82) is 0 Å². The van der Waals surface area contributed by atoms with Crippen LogP contribution in [0.2, 0.25) is 0 Å². The average Bonchev–Trinajstić information content (AvgIpc) is 2.97. The summed E-state index contributed by atoms with van der Waals surface area (Å²) in [5, 5.41) is 3.13. The van der Waals surface area contributed by atoms with Gasteiger partial charge in [-0.3, -0.25) is 9.36 Å². The molecule has 5 nitrogen and oxygen atoms in total. The summed E-state index contributed by atoms with van der Waals surface area (Å²) < 4.78 is 7.23. The summed E-state index contributed by atoms with van der Waals surface area (Å²) in [5.41, 5.74) is 1.80. The molecule has 0 saturated heterocycles. The third kappa shape index (κ3) is 2.75. The number of rotatable bonds is 5. The van der Waals surface area contributed by atoms with Gasteiger partial charge in [-0.25, -0.2) is 4.98 Å². The molecular formula is C16H17N3O2S. The molecular weight excluding hydrogens is 298 g/mol. The van der Waals surface area contributed by atoms with E-state index in [0.29, 0.717) is 23.8 Å². The number of anilines is 1. The summed E-state index contributed by atoms with van der Waals surface area (Å²) in [6, 6.07) is 12.0. The Morgan fingerprint density at radius 2 is 2.09 bits per heavy atom. The van der Waals surface area contributed by atoms with Crippen molar-refractivity contribution >= 4 is 27.5 Å². The van der Waals surface area contributed by atoms with Crippen molar-refractivity contribution in [3.05, 3.63) is 46.8 Å². The smallest absolute Gasteiger partial charge is 0.272 e. The van der Waals surface area contributed by atoms with Gasteiger partial charge in [0.2, 0.25) is 5.95 Å². The Morgan fingerprint density at radius 1 is 1.32 bits per heavy atom. The van der Waals surface area contributed by atoms with Gasteiger partial charge in [0, 0.05) is 25.6 Å². The van der Waals surface area contributed by atoms with E-state index >= 15 is 0 Å². The molecule has 0 atom stereocenters. The van der Waals surface area contributed by atoms with Crippen LogP contribution in [0.3, 0.4) is 0 Å². The van der Waals surface area contributed by atoms with E-state index in [1.807, 2.05) is 36.4 Å². The molecule has 22 heavy (non-hydrogen) atoms. The van der Waals surface area contributed by atoms with Crippen LogP contribution >= 0.6 is 11.3 Å². The van der Waals surface area contributed by atoms with Crippen LogP contribution in [-0.2, 0) is 11.8 Å². The van der Waals surface area contributed by atoms with Crippen molar-refractivity contribution in [1.82, 2.24) is 9.55 Å². The van der Waals surface area contributed by atoms with Gasteiger partial charge in [-0.2, -0.15) is 0 Å². The van der Waals surface area contributed by atoms with Gasteiger partial charge >= 0.3 is 0 Å². The lowest BCUT2D eigenvalue weighted by Gasteiger charge is -2.09. The van der Waals surface area contributed by atoms with Crippen molar-refractivity contribution < 1.29 is 4.74 Å². The van der Waals surface area contributed by atoms with Crippen LogP contribution in [0, 0.1) is 0 Å². The third-order valence-corrected chi connectivity index (χ3v) is 4.56. The van der Waals surface area contributed by atoms with Crippen molar-refractivity contribution in [2.45, 2.75) is 0 Å². The van der Waals surface area contributed by atoms with E-state index in [2.05, 4.69) is 10.3 Å². The highest BCUT2D eigenvalue weighted by molar-refractivity contribution is 7.22. The molecule has 2 aromatic heterocycles. The van der Waals surface area contributed by atoms with Gasteiger partial charge in [0.05, 0.1) is 12.1 Å². The molecule has 2 heterocycles. The predicted molar refractivity (Wildman–Crippen MR) is 90.7 cm³/mol. The number of nitrogens with one attached hydrogen (secondary N) is 1. The Balaban J connectivity index is 2.05. The maximum Gasteiger partial charge on any atom is 0.272 e. The van der Waals surface area contributed by atoms with E-state index in [1.165, 1.54) is 11.3 Å². The van der Waals surface area contributed by atoms with Gasteiger partial charge in [0.1, 0.15) is 4.70 Å². The first-order valence-corrected chi connectivity index (χ1v) is 7.81. The Bertz CT molecular complexity index is 840. The number of hydrogen-bond donors (Lipinski definition) is 1. The van der Waals surface area contributed by atoms with E-state index in [1.54, 1.807) is 18.7 Å². The number of nitrogens with zero attached hydrogens (tertiary/aromatic N) is 2. The van der Waals surface area contributed by atoms with Crippen LogP contribution in [0.5, 0.6) is 0 Å². The number of benzene rings is 1. The second kappa shape index (κ2) is 6.29. The molecule has 0 saturated carbocycles. The van der Waals surface area contributed by atoms with Crippen molar-refractivity contribution in [3.8, 4) is 10.4 Å². The third-order valence-electron chi connectivity index (χ3n) is 3.40. The molecule has 0 spiro atoms. The molecule has 0 fully saturated rings. The van der Waals surface area contributed by atoms with E-state index in [0.717, 1.165) is 16.0 Å². The molecule has 0 aliphatic carbocycles. The first kappa shape index (κ1) is 14.7. The Hall–Kier alpha value is -2.18. The topological polar surface area (TPSA) is 56.1 Å². The van der Waals surface area contributed by atoms with Crippen LogP contribution in [0.1, 0.15) is 0 Å². The summed E-state index contributed by atoms with van der Waals surface area (Å²) in [6.07, 6.45) is 0. The van der Waals surface area contributed by atoms with Gasteiger partial charge < -0.3 is 10.1 Å². The molecule has 0 unspecified atom stereocenters. The van der Waals surface area contributed by atoms with E-state index in [4.69, 9.17) is 4.74 Å². The maximum atomic E-state index is 12.5. The fraction of sp³-hybridized carbons (Fsp3) is 0.250. The first-order chi connectivity index (χ1) is 10.7. The zero-order valence-corrected chi connectivity index (χ0v) is 13.3. The molecule has 0 bridgehead atoms. The molecule has 1 aromatic carbocycles. The first-order valence-electron chi connectivity index (χ1n) is 6.99. The van der Waals surface area contributed by atoms with Crippen LogP contribution in [0.4, 0.5) is 5.95 Å². The Morgan fingerprint density at radius 3 is 2.82 bits per heavy atom. The molecule has 0 aliphatic rings. The molecule has 0 aliphatic heterocycles. The summed E-state index contributed by atoms with van der Waals surface area (Å²) in [7, 11) is 3.37. The summed E-state index contributed by atoms with van der Waals surface area (Å²) >= 11 is 1.48. The fourth-order valence-electron chi connectivity index (χ4n) is 2.22. The second-order valence-corrected chi connectivity index (χ2v) is 5.96. The minimum absolute atomic E-state index is 0.0305. The molecule has 0 radical (unpaired) electrons. The predicted octanol–water partition coefficient (Wildman–Crippen LogP) is 2.72. The van der Waals surface area contributed by atoms with Gasteiger partial charge in [0.25, 0.3) is 5.56 Å². The van der Waals surface area contributed by atoms with Crippen LogP contribution in [0.15, 0.2) is 41.2 Å². The normalized spacial score (nSPS) is 11.0. The lowest BCUT2D eigenvalue weighted by Crippen LogP contribution is -2.22. The molecule has 6 heteroatoms. The molecule has 3 rings (SSSR count). The van der Waals surface area contributed by atoms with Crippen LogP contribution in [-0.4, -0.2) is 29.8 Å². The van der Waals surface area contributed by atoms with Gasteiger partial charge in [0.15, 0.2) is 0 Å². The minimum atomic E-state index is -0.0305. The highest BCUT2D eigenvalue weighted by Crippen LogP contribution is 2.31. The summed E-state index contributed by atoms with van der Waals surface area (Å²) in [5.74, 6) is 0.562. The Kier molecular flexibility index (Phi) is 4.22. The zero-order chi connectivity index (χ0) is 15.5. The second-order valence-electron chi connectivity index (χ2n) is 4.91. The molecule has 1 N–H and O–H groups in total. The highest BCUT2D eigenvalue weighted by atomic mass is 32.1. The van der Waals surface area contributed by atoms with Crippen molar-refractivity contribution in [2.24, 2.45) is 7.05 Å². The lowest BCUT2D eigenvalue weighted by atomic mass is 10.2. The molecule has 0 amide bonds. The number of fused-ring (bicyclic) bond motifs is 1. The lowest BCUT2D eigenvalue weighted by molar-refractivity contribution is 0.210. The maximum absolute atomic E-state index is 12.5. The fourth-order valence-corrected chi connectivity index (χ4v) is 3.30. The van der Waals surface area contributed by atoms with Crippen LogP contribution in [0.25, 0.3) is 20.7 Å². The highest BCUT2D eigenvalue weighted by Gasteiger charge is 2.12. The molecule has 114 valence electrons. The zero-order valence-electron chi connectivity index (χ0n) is 12.5. The molecule has 3 aromatic rings. The van der Waals surface area contributed by atoms with Gasteiger partial charge in [-0.15, -0.1) is 11.3 Å². The Labute approximate surface area is 132 Å². The number of thiophene rings is 1. The SMILES string of the molecule is COCCNc1nc2cc(-c3ccccc3)sc2c(=O)n1C. The van der Waals surface area contributed by atoms with Gasteiger partial charge in [-0.05, 0) is 11.6 Å². The van der Waals surface area contributed by atoms with Crippen molar-refractivity contribution in [3.63, 3.8) is 0 Å². The van der Waals surface area contributed by atoms with E-state index < -0.39 is 0 Å². The number of methoxy groups -OCH3 is 1. The summed E-state index contributed by atoms with van der Waals surface area (Å²) in [4.78, 5) is 18.1. The number of hydrogen-bond acceptors (Lipinski definition) is 5. The number of ether oxygens (including phenoxy) is 1. The van der Waals surface area contributed by atoms with Gasteiger partial charge in [-0.1, -0.05) is 30.3 Å². The summed E-state index contributed by atoms with van der Waals surface area (Å²) in [6.45, 7) is 1.17. The number of aromatic nitrogens is 2. The largest absolute Gasteiger partial charge is 0.383 e. The van der Waals surface area contributed by atoms with E-state index in [-0.39, 0.29) is 5.56 Å². The average molecular weight is 315 g/mol. The monoisotopic (exact) mass is 315 g/mol. The van der Waals surface area contributed by atoms with Crippen molar-refractivity contribution in [2.75, 3.05) is 25.6 Å². The van der Waals surface area contributed by atoms with Crippen LogP contribution < -0.4 is 10.9 Å².